The molecule has 0 atom stereocenters. The third kappa shape index (κ3) is 3.91. The predicted molar refractivity (Wildman–Crippen MR) is 125 cm³/mol. The predicted octanol–water partition coefficient (Wildman–Crippen LogP) is 4.47. The Morgan fingerprint density at radius 3 is 2.38 bits per heavy atom. The molecule has 1 aromatic carbocycles. The molecule has 1 aliphatic heterocycles. The summed E-state index contributed by atoms with van der Waals surface area (Å²) in [6, 6.07) is 6.99. The van der Waals surface area contributed by atoms with E-state index in [0.717, 1.165) is 61.1 Å². The minimum Gasteiger partial charge on any atom is -0.469 e. The van der Waals surface area contributed by atoms with E-state index in [2.05, 4.69) is 14.7 Å². The number of halogens is 3. The van der Waals surface area contributed by atoms with E-state index in [9.17, 15) is 22.8 Å². The quantitative estimate of drug-likeness (QED) is 0.505. The fourth-order valence-electron chi connectivity index (χ4n) is 6.37. The molecule has 0 radical (unpaired) electrons. The number of aromatic amines is 1. The highest BCUT2D eigenvalue weighted by Crippen LogP contribution is 2.73. The number of ether oxygens (including phenoxy) is 2. The third-order valence-electron chi connectivity index (χ3n) is 8.13. The average Bonchev–Trinajstić information content (AvgIpc) is 3.25. The monoisotopic (exact) mass is 514 g/mol. The smallest absolute Gasteiger partial charge is 0.469 e. The Hall–Kier alpha value is -3.63. The van der Waals surface area contributed by atoms with E-state index in [0.29, 0.717) is 24.3 Å². The van der Waals surface area contributed by atoms with Crippen LogP contribution in [0.25, 0.3) is 11.2 Å². The van der Waals surface area contributed by atoms with Gasteiger partial charge in [-0.3, -0.25) is 9.59 Å². The number of pyridine rings is 1. The number of esters is 1. The summed E-state index contributed by atoms with van der Waals surface area (Å²) >= 11 is 0. The minimum absolute atomic E-state index is 0.109. The van der Waals surface area contributed by atoms with Gasteiger partial charge in [0.2, 0.25) is 0 Å². The summed E-state index contributed by atoms with van der Waals surface area (Å²) in [5.41, 5.74) is 2.53. The van der Waals surface area contributed by atoms with Crippen LogP contribution in [0.3, 0.4) is 0 Å². The number of nitrogens with zero attached hydrogens (tertiary/aromatic N) is 3. The van der Waals surface area contributed by atoms with Crippen LogP contribution in [-0.2, 0) is 14.9 Å². The van der Waals surface area contributed by atoms with Crippen LogP contribution in [0.1, 0.15) is 59.8 Å². The van der Waals surface area contributed by atoms with Crippen molar-refractivity contribution in [3.63, 3.8) is 0 Å². The number of methoxy groups -OCH3 is 1. The molecule has 1 saturated heterocycles. The highest BCUT2D eigenvalue weighted by Gasteiger charge is 2.74. The number of alkyl halides is 3. The summed E-state index contributed by atoms with van der Waals surface area (Å²) < 4.78 is 46.0. The third-order valence-corrected chi connectivity index (χ3v) is 8.13. The standard InChI is InChI=1S/C26H25F3N4O4/c1-36-23(35)25-12-24(13-25,14-25)22-31-19-18(6-9-30-20(19)32-22)15-7-10-33(11-8-15)21(34)16-2-4-17(5-3-16)37-26(27,28)29/h2-6,9,15H,7-8,10-14H2,1H3,(H,30,31,32). The Morgan fingerprint density at radius 1 is 1.08 bits per heavy atom. The lowest BCUT2D eigenvalue weighted by atomic mass is 9.35. The molecule has 4 fully saturated rings. The van der Waals surface area contributed by atoms with Crippen molar-refractivity contribution in [2.24, 2.45) is 5.41 Å². The number of nitrogens with one attached hydrogen (secondary N) is 1. The number of aromatic nitrogens is 3. The number of carbonyl (C=O) groups is 2. The number of hydrogen-bond donors (Lipinski definition) is 1. The van der Waals surface area contributed by atoms with Gasteiger partial charge in [0, 0.05) is 30.3 Å². The van der Waals surface area contributed by atoms with Crippen LogP contribution in [0, 0.1) is 5.41 Å². The number of hydrogen-bond acceptors (Lipinski definition) is 6. The van der Waals surface area contributed by atoms with Gasteiger partial charge in [-0.25, -0.2) is 9.97 Å². The number of amides is 1. The Kier molecular flexibility index (Phi) is 5.26. The average molecular weight is 515 g/mol. The summed E-state index contributed by atoms with van der Waals surface area (Å²) in [6.07, 6.45) is 0.686. The van der Waals surface area contributed by atoms with E-state index in [-0.39, 0.29) is 34.4 Å². The molecule has 11 heteroatoms. The summed E-state index contributed by atoms with van der Waals surface area (Å²) in [6.45, 7) is 1.06. The normalized spacial score (nSPS) is 25.4. The minimum atomic E-state index is -4.77. The van der Waals surface area contributed by atoms with Gasteiger partial charge in [-0.2, -0.15) is 0 Å². The molecular formula is C26H25F3N4O4. The SMILES string of the molecule is COC(=O)C12CC(c3nc4nccc(C5CCN(C(=O)c6ccc(OC(F)(F)F)cc6)CC5)c4[nH]3)(C1)C2. The van der Waals surface area contributed by atoms with Gasteiger partial charge in [-0.15, -0.1) is 13.2 Å². The Morgan fingerprint density at radius 2 is 1.76 bits per heavy atom. The van der Waals surface area contributed by atoms with Gasteiger partial charge < -0.3 is 19.4 Å². The first-order valence-electron chi connectivity index (χ1n) is 12.2. The van der Waals surface area contributed by atoms with E-state index in [1.54, 1.807) is 11.1 Å². The molecule has 8 nitrogen and oxygen atoms in total. The fourth-order valence-corrected chi connectivity index (χ4v) is 6.37. The summed E-state index contributed by atoms with van der Waals surface area (Å²) in [7, 11) is 1.43. The molecule has 1 N–H and O–H groups in total. The molecule has 2 aromatic heterocycles. The van der Waals surface area contributed by atoms with Crippen LogP contribution < -0.4 is 4.74 Å². The molecule has 0 unspecified atom stereocenters. The first kappa shape index (κ1) is 23.7. The zero-order chi connectivity index (χ0) is 26.0. The molecule has 0 spiro atoms. The second-order valence-electron chi connectivity index (χ2n) is 10.4. The van der Waals surface area contributed by atoms with Gasteiger partial charge in [-0.05, 0) is 73.9 Å². The van der Waals surface area contributed by atoms with Crippen molar-refractivity contribution in [1.29, 1.82) is 0 Å². The maximum atomic E-state index is 12.9. The largest absolute Gasteiger partial charge is 0.573 e. The van der Waals surface area contributed by atoms with Crippen molar-refractivity contribution in [3.8, 4) is 5.75 Å². The van der Waals surface area contributed by atoms with Crippen LogP contribution in [0.4, 0.5) is 13.2 Å². The second kappa shape index (κ2) is 8.19. The molecule has 3 aromatic rings. The van der Waals surface area contributed by atoms with Crippen molar-refractivity contribution in [1.82, 2.24) is 19.9 Å². The van der Waals surface area contributed by atoms with Crippen molar-refractivity contribution in [2.45, 2.75) is 49.8 Å². The maximum Gasteiger partial charge on any atom is 0.573 e. The van der Waals surface area contributed by atoms with Gasteiger partial charge in [0.1, 0.15) is 11.6 Å². The van der Waals surface area contributed by atoms with Gasteiger partial charge in [0.15, 0.2) is 5.65 Å². The maximum absolute atomic E-state index is 12.9. The number of rotatable bonds is 5. The topological polar surface area (TPSA) is 97.4 Å². The van der Waals surface area contributed by atoms with E-state index in [4.69, 9.17) is 9.72 Å². The highest BCUT2D eigenvalue weighted by atomic mass is 19.4. The number of likely N-dealkylation sites (tertiary alicyclic amines) is 1. The zero-order valence-corrected chi connectivity index (χ0v) is 20.1. The summed E-state index contributed by atoms with van der Waals surface area (Å²) in [4.78, 5) is 39.4. The van der Waals surface area contributed by atoms with Crippen LogP contribution >= 0.6 is 0 Å². The molecule has 7 rings (SSSR count). The number of imidazole rings is 1. The highest BCUT2D eigenvalue weighted by molar-refractivity contribution is 5.94. The molecule has 4 aliphatic rings. The molecule has 194 valence electrons. The Labute approximate surface area is 210 Å². The number of benzene rings is 1. The Balaban J connectivity index is 1.12. The van der Waals surface area contributed by atoms with Gasteiger partial charge in [-0.1, -0.05) is 0 Å². The number of fused-ring (bicyclic) bond motifs is 1. The molecule has 1 amide bonds. The zero-order valence-electron chi connectivity index (χ0n) is 20.1. The lowest BCUT2D eigenvalue weighted by Crippen LogP contribution is -2.68. The van der Waals surface area contributed by atoms with E-state index >= 15 is 0 Å². The summed E-state index contributed by atoms with van der Waals surface area (Å²) in [5, 5.41) is 0. The lowest BCUT2D eigenvalue weighted by molar-refractivity contribution is -0.274. The van der Waals surface area contributed by atoms with E-state index in [1.807, 2.05) is 6.07 Å². The molecular weight excluding hydrogens is 489 g/mol. The van der Waals surface area contributed by atoms with Crippen molar-refractivity contribution in [2.75, 3.05) is 20.2 Å². The number of piperidine rings is 1. The van der Waals surface area contributed by atoms with Crippen LogP contribution in [-0.4, -0.2) is 58.3 Å². The van der Waals surface area contributed by atoms with Crippen molar-refractivity contribution >= 4 is 23.0 Å². The Bertz CT molecular complexity index is 1360. The molecule has 3 aliphatic carbocycles. The van der Waals surface area contributed by atoms with Crippen molar-refractivity contribution in [3.05, 3.63) is 53.5 Å². The van der Waals surface area contributed by atoms with Crippen molar-refractivity contribution < 1.29 is 32.2 Å². The molecule has 2 bridgehead atoms. The first-order valence-corrected chi connectivity index (χ1v) is 12.2. The van der Waals surface area contributed by atoms with Crippen LogP contribution in [0.2, 0.25) is 0 Å². The van der Waals surface area contributed by atoms with Gasteiger partial charge in [0.25, 0.3) is 5.91 Å². The van der Waals surface area contributed by atoms with E-state index < -0.39 is 6.36 Å². The van der Waals surface area contributed by atoms with Crippen LogP contribution in [0.15, 0.2) is 36.5 Å². The second-order valence-corrected chi connectivity index (χ2v) is 10.4. The van der Waals surface area contributed by atoms with Gasteiger partial charge >= 0.3 is 12.3 Å². The molecule has 37 heavy (non-hydrogen) atoms. The summed E-state index contributed by atoms with van der Waals surface area (Å²) in [5.74, 6) is 0.362. The fraction of sp³-hybridized carbons (Fsp3) is 0.462. The first-order chi connectivity index (χ1) is 17.6. The molecule has 3 heterocycles. The molecule has 3 saturated carbocycles. The number of H-pyrrole nitrogens is 1. The van der Waals surface area contributed by atoms with Crippen LogP contribution in [0.5, 0.6) is 5.75 Å². The number of carbonyl (C=O) groups excluding carboxylic acids is 2. The lowest BCUT2D eigenvalue weighted by Gasteiger charge is -2.67. The van der Waals surface area contributed by atoms with Gasteiger partial charge in [0.05, 0.1) is 18.0 Å². The van der Waals surface area contributed by atoms with E-state index in [1.165, 1.54) is 19.2 Å².